The zero-order chi connectivity index (χ0) is 52.1. The summed E-state index contributed by atoms with van der Waals surface area (Å²) in [6.45, 7) is -2.73. The smallest absolute Gasteiger partial charge is 0.327 e. The number of carbonyl (C=O) groups is 10. The van der Waals surface area contributed by atoms with E-state index in [1.54, 1.807) is 30.5 Å². The van der Waals surface area contributed by atoms with Gasteiger partial charge in [0.15, 0.2) is 0 Å². The number of thiol groups is 2. The lowest BCUT2D eigenvalue weighted by atomic mass is 10.0. The molecule has 70 heavy (non-hydrogen) atoms. The summed E-state index contributed by atoms with van der Waals surface area (Å²) >= 11 is 7.81. The fourth-order valence-corrected chi connectivity index (χ4v) is 7.69. The summed E-state index contributed by atoms with van der Waals surface area (Å²) in [4.78, 5) is 136. The van der Waals surface area contributed by atoms with E-state index in [-0.39, 0.29) is 50.3 Å². The third kappa shape index (κ3) is 17.1. The maximum absolute atomic E-state index is 14.4. The molecule has 1 aliphatic heterocycles. The second kappa shape index (κ2) is 29.2. The van der Waals surface area contributed by atoms with Crippen molar-refractivity contribution >= 4 is 95.4 Å². The Labute approximate surface area is 412 Å². The molecule has 388 valence electrons. The molecule has 1 aromatic carbocycles. The number of aliphatic hydroxyl groups is 3. The van der Waals surface area contributed by atoms with E-state index in [0.717, 1.165) is 4.90 Å². The van der Waals surface area contributed by atoms with Crippen LogP contribution in [0.3, 0.4) is 0 Å². The number of H-pyrrole nitrogens is 1. The predicted molar refractivity (Wildman–Crippen MR) is 255 cm³/mol. The van der Waals surface area contributed by atoms with Gasteiger partial charge in [0.2, 0.25) is 47.3 Å². The molecule has 0 spiro atoms. The number of aromatic nitrogens is 1. The van der Waals surface area contributed by atoms with Crippen LogP contribution in [0.1, 0.15) is 50.5 Å². The molecule has 1 fully saturated rings. The molecule has 1 aromatic heterocycles. The lowest BCUT2D eigenvalue weighted by molar-refractivity contribution is -0.143. The van der Waals surface area contributed by atoms with Gasteiger partial charge >= 0.3 is 11.9 Å². The van der Waals surface area contributed by atoms with Gasteiger partial charge in [-0.15, -0.1) is 0 Å². The fraction of sp³-hybridized carbons (Fsp3) is 0.571. The molecule has 0 aliphatic carbocycles. The number of amides is 8. The van der Waals surface area contributed by atoms with Crippen molar-refractivity contribution in [3.05, 3.63) is 36.0 Å². The van der Waals surface area contributed by atoms with Crippen molar-refractivity contribution in [3.63, 3.8) is 0 Å². The maximum atomic E-state index is 14.4. The summed E-state index contributed by atoms with van der Waals surface area (Å²) in [5, 5.41) is 65.9. The van der Waals surface area contributed by atoms with Gasteiger partial charge in [-0.25, -0.2) is 4.79 Å². The first-order chi connectivity index (χ1) is 33.3. The third-order valence-electron chi connectivity index (χ3n) is 11.2. The highest BCUT2D eigenvalue weighted by Crippen LogP contribution is 2.22. The molecule has 26 nitrogen and oxygen atoms in total. The van der Waals surface area contributed by atoms with Crippen LogP contribution in [-0.4, -0.2) is 193 Å². The average molecular weight is 1030 g/mol. The summed E-state index contributed by atoms with van der Waals surface area (Å²) in [6, 6.07) is -6.49. The van der Waals surface area contributed by atoms with E-state index in [0.29, 0.717) is 29.3 Å². The van der Waals surface area contributed by atoms with Gasteiger partial charge in [-0.05, 0) is 56.7 Å². The van der Waals surface area contributed by atoms with E-state index in [1.807, 2.05) is 0 Å². The highest BCUT2D eigenvalue weighted by Gasteiger charge is 2.40. The number of carboxylic acid groups (broad SMARTS) is 2. The van der Waals surface area contributed by atoms with Crippen molar-refractivity contribution in [2.75, 3.05) is 44.4 Å². The number of aliphatic hydroxyl groups excluding tert-OH is 3. The summed E-state index contributed by atoms with van der Waals surface area (Å²) in [5.74, 6) is -10.9. The van der Waals surface area contributed by atoms with Crippen LogP contribution >= 0.6 is 25.3 Å². The Hall–Kier alpha value is -6.04. The van der Waals surface area contributed by atoms with E-state index in [2.05, 4.69) is 67.5 Å². The Morgan fingerprint density at radius 2 is 1.20 bits per heavy atom. The lowest BCUT2D eigenvalue weighted by Crippen LogP contribution is -2.61. The highest BCUT2D eigenvalue weighted by atomic mass is 32.1. The number of carbonyl (C=O) groups excluding carboxylic acids is 8. The van der Waals surface area contributed by atoms with E-state index >= 15 is 0 Å². The summed E-state index contributed by atoms with van der Waals surface area (Å²) < 4.78 is 0. The maximum Gasteiger partial charge on any atom is 0.327 e. The Kier molecular flexibility index (Phi) is 24.3. The first-order valence-electron chi connectivity index (χ1n) is 22.3. The number of aliphatic carboxylic acids is 2. The van der Waals surface area contributed by atoms with Crippen molar-refractivity contribution in [3.8, 4) is 0 Å². The van der Waals surface area contributed by atoms with Crippen LogP contribution in [-0.2, 0) is 54.4 Å². The summed E-state index contributed by atoms with van der Waals surface area (Å²) in [5.41, 5.74) is 12.4. The fourth-order valence-electron chi connectivity index (χ4n) is 7.28. The van der Waals surface area contributed by atoms with Gasteiger partial charge in [-0.3, -0.25) is 43.2 Å². The van der Waals surface area contributed by atoms with Crippen LogP contribution in [0.4, 0.5) is 0 Å². The molecule has 2 heterocycles. The number of nitrogens with two attached hydrogens (primary N) is 2. The molecule has 17 N–H and O–H groups in total. The Balaban J connectivity index is 1.90. The minimum atomic E-state index is -1.76. The molecule has 28 heteroatoms. The summed E-state index contributed by atoms with van der Waals surface area (Å²) in [7, 11) is 0. The Morgan fingerprint density at radius 1 is 0.671 bits per heavy atom. The molecule has 9 atom stereocenters. The van der Waals surface area contributed by atoms with E-state index < -0.39 is 146 Å². The minimum absolute atomic E-state index is 0.0189. The average Bonchev–Trinajstić information content (AvgIpc) is 4.01. The quantitative estimate of drug-likeness (QED) is 0.0256. The second-order valence-electron chi connectivity index (χ2n) is 16.3. The molecule has 8 amide bonds. The molecule has 0 saturated carbocycles. The van der Waals surface area contributed by atoms with Crippen molar-refractivity contribution < 1.29 is 73.5 Å². The Morgan fingerprint density at radius 3 is 1.74 bits per heavy atom. The topological polar surface area (TPSA) is 427 Å². The van der Waals surface area contributed by atoms with Gasteiger partial charge in [0.05, 0.1) is 25.9 Å². The zero-order valence-electron chi connectivity index (χ0n) is 38.0. The SMILES string of the molecule is NCCCC[C@H](NC(=O)[C@@H]1CCCN1C(=O)[C@H](CCC(=O)O)NC(=O)[C@H](Cc1c[nH]c2ccccc12)NC(=O)[C@H](CO)NC(=O)[C@H](CO)NC(=O)[C@@H](N)CS)C(=O)N[C@@H](CO)C(=O)N[C@@H](CS)C(=O)O. The normalized spacial score (nSPS) is 16.8. The number of unbranched alkanes of at least 4 members (excludes halogenated alkanes) is 1. The number of nitrogens with zero attached hydrogens (tertiary/aromatic N) is 1. The van der Waals surface area contributed by atoms with Gasteiger partial charge in [0, 0.05) is 48.0 Å². The number of benzene rings is 1. The molecule has 3 rings (SSSR count). The van der Waals surface area contributed by atoms with Crippen molar-refractivity contribution in [1.29, 1.82) is 0 Å². The van der Waals surface area contributed by atoms with Crippen LogP contribution in [0.5, 0.6) is 0 Å². The molecular weight excluding hydrogens is 963 g/mol. The van der Waals surface area contributed by atoms with Crippen LogP contribution in [0.25, 0.3) is 10.9 Å². The van der Waals surface area contributed by atoms with Crippen LogP contribution in [0.15, 0.2) is 30.5 Å². The number of hydrogen-bond acceptors (Lipinski definition) is 17. The van der Waals surface area contributed by atoms with Gasteiger partial charge < -0.3 is 84.1 Å². The number of fused-ring (bicyclic) bond motifs is 1. The molecule has 2 aromatic rings. The van der Waals surface area contributed by atoms with Crippen molar-refractivity contribution in [1.82, 2.24) is 47.1 Å². The zero-order valence-corrected chi connectivity index (χ0v) is 39.8. The third-order valence-corrected chi connectivity index (χ3v) is 11.9. The van der Waals surface area contributed by atoms with E-state index in [9.17, 15) is 73.5 Å². The van der Waals surface area contributed by atoms with Crippen LogP contribution in [0, 0.1) is 0 Å². The van der Waals surface area contributed by atoms with Crippen LogP contribution < -0.4 is 48.7 Å². The standard InChI is InChI=1S/C42H63N11O15S2/c43-12-4-3-8-25(35(60)50-30(18-56)39(64)52-31(20-70)42(67)68)46-40(65)32-9-5-13-53(32)41(66)26(10-11-33(57)58)47-36(61)27(14-21-15-45-24-7-2-1-6-22(21)24)48-37(62)29(17-55)51-38(63)28(16-54)49-34(59)23(44)19-69/h1-2,6-7,15,23,25-32,45,54-56,69-70H,3-5,8-14,16-20,43-44H2,(H,46,65)(H,47,61)(H,48,62)(H,49,59)(H,50,60)(H,51,63)(H,52,64)(H,57,58)(H,67,68)/t23-,25-,26-,27-,28-,29-,30-,31-,32-/m0/s1. The highest BCUT2D eigenvalue weighted by molar-refractivity contribution is 7.80. The number of para-hydroxylation sites is 1. The van der Waals surface area contributed by atoms with E-state index in [1.165, 1.54) is 0 Å². The number of hydrogen-bond donors (Lipinski definition) is 17. The lowest BCUT2D eigenvalue weighted by Gasteiger charge is -2.31. The van der Waals surface area contributed by atoms with Gasteiger partial charge in [0.1, 0.15) is 48.3 Å². The molecule has 1 aliphatic rings. The van der Waals surface area contributed by atoms with E-state index in [4.69, 9.17) is 11.5 Å². The van der Waals surface area contributed by atoms with Gasteiger partial charge in [-0.1, -0.05) is 18.2 Å². The second-order valence-corrected chi connectivity index (χ2v) is 17.0. The number of nitrogens with one attached hydrogen (secondary N) is 8. The van der Waals surface area contributed by atoms with Gasteiger partial charge in [-0.2, -0.15) is 25.3 Å². The molecular formula is C42H63N11O15S2. The monoisotopic (exact) mass is 1030 g/mol. The molecule has 1 saturated heterocycles. The first kappa shape index (κ1) is 58.3. The summed E-state index contributed by atoms with van der Waals surface area (Å²) in [6.07, 6.45) is 1.17. The number of likely N-dealkylation sites (tertiary alicyclic amines) is 1. The van der Waals surface area contributed by atoms with Crippen molar-refractivity contribution in [2.24, 2.45) is 11.5 Å². The number of aromatic amines is 1. The number of rotatable bonds is 30. The molecule has 0 bridgehead atoms. The van der Waals surface area contributed by atoms with Crippen molar-refractivity contribution in [2.45, 2.75) is 106 Å². The largest absolute Gasteiger partial charge is 0.481 e. The Bertz CT molecular complexity index is 2170. The van der Waals surface area contributed by atoms with Crippen LogP contribution in [0.2, 0.25) is 0 Å². The van der Waals surface area contributed by atoms with Gasteiger partial charge in [0.25, 0.3) is 0 Å². The predicted octanol–water partition coefficient (Wildman–Crippen LogP) is -5.66. The molecule has 0 unspecified atom stereocenters. The number of carboxylic acids is 2. The molecule has 0 radical (unpaired) electrons. The first-order valence-corrected chi connectivity index (χ1v) is 23.5. The minimum Gasteiger partial charge on any atom is -0.481 e.